The number of furan rings is 1. The number of rotatable bonds is 6. The Labute approximate surface area is 212 Å². The molecule has 0 unspecified atom stereocenters. The fourth-order valence-electron chi connectivity index (χ4n) is 7.61. The predicted molar refractivity (Wildman–Crippen MR) is 136 cm³/mol. The minimum Gasteiger partial charge on any atom is -0.493 e. The average molecular weight is 493 g/mol. The van der Waals surface area contributed by atoms with Gasteiger partial charge in [-0.3, -0.25) is 4.79 Å². The van der Waals surface area contributed by atoms with Gasteiger partial charge in [0.2, 0.25) is 5.91 Å². The van der Waals surface area contributed by atoms with Crippen LogP contribution in [-0.2, 0) is 16.6 Å². The molecule has 1 spiro atoms. The van der Waals surface area contributed by atoms with Crippen LogP contribution in [0.25, 0.3) is 6.08 Å². The maximum absolute atomic E-state index is 13.7. The van der Waals surface area contributed by atoms with Crippen LogP contribution >= 0.6 is 0 Å². The van der Waals surface area contributed by atoms with E-state index < -0.39 is 11.0 Å². The number of methoxy groups -OCH3 is 1. The minimum absolute atomic E-state index is 0.0281. The molecule has 36 heavy (non-hydrogen) atoms. The summed E-state index contributed by atoms with van der Waals surface area (Å²) in [5, 5.41) is 12.5. The smallest absolute Gasteiger partial charge is 0.246 e. The number of piperidine rings is 1. The molecule has 0 radical (unpaired) electrons. The molecule has 7 nitrogen and oxygen atoms in total. The van der Waals surface area contributed by atoms with Crippen molar-refractivity contribution in [2.24, 2.45) is 5.92 Å². The van der Waals surface area contributed by atoms with Crippen molar-refractivity contribution in [2.45, 2.75) is 68.7 Å². The number of aliphatic hydroxyl groups is 1. The number of hydrogen-bond acceptors (Lipinski definition) is 6. The van der Waals surface area contributed by atoms with E-state index in [1.54, 1.807) is 31.8 Å². The van der Waals surface area contributed by atoms with Gasteiger partial charge in [0.15, 0.2) is 11.5 Å². The zero-order valence-electron chi connectivity index (χ0n) is 21.6. The fourth-order valence-corrected chi connectivity index (χ4v) is 7.61. The van der Waals surface area contributed by atoms with E-state index in [4.69, 9.17) is 13.9 Å². The van der Waals surface area contributed by atoms with Crippen molar-refractivity contribution >= 4 is 12.0 Å². The molecule has 1 aromatic heterocycles. The van der Waals surface area contributed by atoms with Gasteiger partial charge < -0.3 is 28.8 Å². The van der Waals surface area contributed by atoms with Gasteiger partial charge in [0.05, 0.1) is 36.7 Å². The topological polar surface area (TPSA) is 75.4 Å². The lowest BCUT2D eigenvalue weighted by molar-refractivity contribution is -0.197. The Bertz CT molecular complexity index is 1190. The highest BCUT2D eigenvalue weighted by Crippen LogP contribution is 2.65. The summed E-state index contributed by atoms with van der Waals surface area (Å²) in [6.45, 7) is 5.77. The summed E-state index contributed by atoms with van der Waals surface area (Å²) in [5.41, 5.74) is 1.74. The summed E-state index contributed by atoms with van der Waals surface area (Å²) in [6.07, 6.45) is 9.25. The second kappa shape index (κ2) is 8.38. The van der Waals surface area contributed by atoms with Gasteiger partial charge in [-0.1, -0.05) is 19.9 Å². The van der Waals surface area contributed by atoms with Crippen LogP contribution in [0.4, 0.5) is 0 Å². The summed E-state index contributed by atoms with van der Waals surface area (Å²) >= 11 is 0. The second-order valence-electron chi connectivity index (χ2n) is 11.4. The van der Waals surface area contributed by atoms with E-state index in [1.807, 2.05) is 17.0 Å². The van der Waals surface area contributed by atoms with Crippen LogP contribution in [0.1, 0.15) is 49.8 Å². The number of likely N-dealkylation sites (tertiary alicyclic amines) is 1. The molecule has 6 rings (SSSR count). The Morgan fingerprint density at radius 3 is 2.89 bits per heavy atom. The van der Waals surface area contributed by atoms with E-state index in [0.717, 1.165) is 36.3 Å². The number of hydrogen-bond donors (Lipinski definition) is 1. The molecule has 2 aliphatic carbocycles. The normalized spacial score (nSPS) is 32.4. The van der Waals surface area contributed by atoms with Crippen LogP contribution in [0.2, 0.25) is 0 Å². The molecule has 192 valence electrons. The molecule has 1 saturated carbocycles. The number of nitrogens with zero attached hydrogens (tertiary/aromatic N) is 2. The molecule has 3 heterocycles. The summed E-state index contributed by atoms with van der Waals surface area (Å²) < 4.78 is 17.7. The zero-order valence-corrected chi connectivity index (χ0v) is 21.6. The summed E-state index contributed by atoms with van der Waals surface area (Å²) in [7, 11) is 3.79. The zero-order chi connectivity index (χ0) is 25.2. The van der Waals surface area contributed by atoms with E-state index in [1.165, 1.54) is 5.56 Å². The third-order valence-corrected chi connectivity index (χ3v) is 9.11. The van der Waals surface area contributed by atoms with E-state index in [-0.39, 0.29) is 24.1 Å². The van der Waals surface area contributed by atoms with Crippen LogP contribution < -0.4 is 9.47 Å². The molecular weight excluding hydrogens is 456 g/mol. The highest BCUT2D eigenvalue weighted by atomic mass is 16.5. The summed E-state index contributed by atoms with van der Waals surface area (Å²) in [5.74, 6) is 1.72. The number of carbonyl (C=O) groups excluding carboxylic acids is 1. The lowest BCUT2D eigenvalue weighted by atomic mass is 9.48. The Morgan fingerprint density at radius 2 is 2.17 bits per heavy atom. The Morgan fingerprint density at radius 1 is 1.33 bits per heavy atom. The van der Waals surface area contributed by atoms with Crippen LogP contribution in [0.3, 0.4) is 0 Å². The van der Waals surface area contributed by atoms with Crippen molar-refractivity contribution in [1.82, 2.24) is 9.80 Å². The second-order valence-corrected chi connectivity index (χ2v) is 11.4. The highest BCUT2D eigenvalue weighted by Gasteiger charge is 2.73. The minimum atomic E-state index is -0.912. The van der Waals surface area contributed by atoms with Crippen LogP contribution in [0, 0.1) is 5.92 Å². The first-order valence-electron chi connectivity index (χ1n) is 13.1. The first kappa shape index (κ1) is 23.6. The van der Waals surface area contributed by atoms with Gasteiger partial charge in [-0.25, -0.2) is 0 Å². The van der Waals surface area contributed by atoms with Gasteiger partial charge in [0.25, 0.3) is 0 Å². The highest BCUT2D eigenvalue weighted by molar-refractivity contribution is 5.92. The molecular formula is C29H36N2O5. The molecule has 2 aromatic rings. The maximum Gasteiger partial charge on any atom is 0.246 e. The third-order valence-electron chi connectivity index (χ3n) is 9.11. The fraction of sp³-hybridized carbons (Fsp3) is 0.552. The van der Waals surface area contributed by atoms with Crippen LogP contribution in [0.5, 0.6) is 11.5 Å². The molecule has 1 aromatic carbocycles. The van der Waals surface area contributed by atoms with E-state index in [9.17, 15) is 9.90 Å². The lowest BCUT2D eigenvalue weighted by Crippen LogP contribution is -2.78. The molecule has 2 bridgehead atoms. The van der Waals surface area contributed by atoms with E-state index in [0.29, 0.717) is 31.1 Å². The van der Waals surface area contributed by atoms with Crippen molar-refractivity contribution in [1.29, 1.82) is 0 Å². The monoisotopic (exact) mass is 492 g/mol. The Balaban J connectivity index is 1.45. The first-order valence-corrected chi connectivity index (χ1v) is 13.1. The van der Waals surface area contributed by atoms with Crippen LogP contribution in [-0.4, -0.2) is 71.8 Å². The lowest BCUT2D eigenvalue weighted by Gasteiger charge is -2.64. The van der Waals surface area contributed by atoms with Gasteiger partial charge >= 0.3 is 0 Å². The Hall–Kier alpha value is -2.77. The van der Waals surface area contributed by atoms with Crippen molar-refractivity contribution < 1.29 is 23.8 Å². The maximum atomic E-state index is 13.7. The molecule has 2 fully saturated rings. The number of amides is 1. The standard InChI is InChI=1S/C29H36N2O5/c1-18(2)16-31(24(32)8-5-19-10-14-35-17-19)21-9-11-29(33)23-15-20-6-7-22(34-4)26-25(20)28(29,27(21)36-26)12-13-30(23)3/h5-8,10,14,17-18,21,23,27,33H,9,11-13,15-16H2,1-4H3/b8-5+/t21-,23+,27-,28-,29+/m0/s1. The molecule has 4 aliphatic rings. The molecule has 5 atom stereocenters. The summed E-state index contributed by atoms with van der Waals surface area (Å²) in [6, 6.07) is 5.84. The van der Waals surface area contributed by atoms with Gasteiger partial charge in [-0.2, -0.15) is 0 Å². The van der Waals surface area contributed by atoms with E-state index in [2.05, 4.69) is 31.9 Å². The van der Waals surface area contributed by atoms with Crippen molar-refractivity contribution in [3.05, 3.63) is 53.5 Å². The molecule has 1 N–H and O–H groups in total. The SMILES string of the molecule is COc1ccc2c3c1O[C@H]1[C@@H](N(CC(C)C)C(=O)/C=C/c4ccoc4)CC[C@@]4(O)[C@@H](C2)N(C)CC[C@]314. The number of benzene rings is 1. The molecule has 7 heteroatoms. The molecule has 1 amide bonds. The predicted octanol–water partition coefficient (Wildman–Crippen LogP) is 3.64. The molecule has 1 saturated heterocycles. The first-order chi connectivity index (χ1) is 17.3. The largest absolute Gasteiger partial charge is 0.493 e. The number of carbonyl (C=O) groups is 1. The van der Waals surface area contributed by atoms with E-state index >= 15 is 0 Å². The van der Waals surface area contributed by atoms with Gasteiger partial charge in [0.1, 0.15) is 6.10 Å². The molecule has 2 aliphatic heterocycles. The van der Waals surface area contributed by atoms with Crippen molar-refractivity contribution in [3.63, 3.8) is 0 Å². The third kappa shape index (κ3) is 3.15. The number of likely N-dealkylation sites (N-methyl/N-ethyl adjacent to an activating group) is 1. The van der Waals surface area contributed by atoms with Gasteiger partial charge in [-0.05, 0) is 69.0 Å². The van der Waals surface area contributed by atoms with Gasteiger partial charge in [-0.15, -0.1) is 0 Å². The van der Waals surface area contributed by atoms with Crippen molar-refractivity contribution in [2.75, 3.05) is 27.2 Å². The summed E-state index contributed by atoms with van der Waals surface area (Å²) in [4.78, 5) is 18.0. The van der Waals surface area contributed by atoms with Gasteiger partial charge in [0, 0.05) is 29.8 Å². The van der Waals surface area contributed by atoms with Crippen molar-refractivity contribution in [3.8, 4) is 11.5 Å². The average Bonchev–Trinajstić information content (AvgIpc) is 3.49. The number of ether oxygens (including phenoxy) is 2. The van der Waals surface area contributed by atoms with Crippen LogP contribution in [0.15, 0.2) is 41.2 Å². The quantitative estimate of drug-likeness (QED) is 0.621. The Kier molecular flexibility index (Phi) is 5.50.